The first-order chi connectivity index (χ1) is 30.0. The summed E-state index contributed by atoms with van der Waals surface area (Å²) >= 11 is 0. The Morgan fingerprint density at radius 2 is 0.508 bits per heavy atom. The fourth-order valence-electron chi connectivity index (χ4n) is 9.39. The van der Waals surface area contributed by atoms with Crippen molar-refractivity contribution in [2.24, 2.45) is 0 Å². The number of unbranched alkanes of at least 4 members (excludes halogenated alkanes) is 24. The maximum absolute atomic E-state index is 5.94. The van der Waals surface area contributed by atoms with Gasteiger partial charge in [0.2, 0.25) is 0 Å². The average molecular weight is 827 g/mol. The van der Waals surface area contributed by atoms with E-state index in [1.165, 1.54) is 221 Å². The van der Waals surface area contributed by atoms with Crippen molar-refractivity contribution in [2.75, 3.05) is 11.5 Å². The SMILES string of the molecule is CCCCCCCCc1cc(Cc2ccc(N)cc2)ccc1CCCCCCCCCCCCCCCCCc1ccc(Cc2ccc(N)cc2)cc1CCCCCCCC. The van der Waals surface area contributed by atoms with Crippen LogP contribution in [-0.2, 0) is 38.5 Å². The van der Waals surface area contributed by atoms with Crippen LogP contribution in [0.1, 0.15) is 232 Å². The molecule has 4 rings (SSSR count). The third-order valence-corrected chi connectivity index (χ3v) is 13.3. The van der Waals surface area contributed by atoms with Crippen molar-refractivity contribution >= 4 is 11.4 Å². The maximum atomic E-state index is 5.94. The quantitative estimate of drug-likeness (QED) is 0.0354. The molecule has 336 valence electrons. The Bertz CT molecular complexity index is 1540. The van der Waals surface area contributed by atoms with Crippen molar-refractivity contribution in [3.8, 4) is 0 Å². The summed E-state index contributed by atoms with van der Waals surface area (Å²) in [7, 11) is 0. The molecule has 0 aromatic heterocycles. The van der Waals surface area contributed by atoms with Crippen LogP contribution >= 0.6 is 0 Å². The zero-order valence-electron chi connectivity index (χ0n) is 39.6. The van der Waals surface area contributed by atoms with Crippen LogP contribution in [0.3, 0.4) is 0 Å². The highest BCUT2D eigenvalue weighted by molar-refractivity contribution is 5.43. The van der Waals surface area contributed by atoms with Crippen molar-refractivity contribution in [3.05, 3.63) is 129 Å². The monoisotopic (exact) mass is 827 g/mol. The summed E-state index contributed by atoms with van der Waals surface area (Å²) in [4.78, 5) is 0. The van der Waals surface area contributed by atoms with E-state index < -0.39 is 0 Å². The van der Waals surface area contributed by atoms with Gasteiger partial charge in [0.1, 0.15) is 0 Å². The highest BCUT2D eigenvalue weighted by Gasteiger charge is 2.09. The third-order valence-electron chi connectivity index (χ3n) is 13.3. The molecule has 0 aliphatic heterocycles. The fraction of sp³-hybridized carbons (Fsp3) is 0.593. The van der Waals surface area contributed by atoms with Crippen molar-refractivity contribution < 1.29 is 0 Å². The molecule has 0 fully saturated rings. The number of rotatable bonds is 36. The Kier molecular flexibility index (Phi) is 26.5. The van der Waals surface area contributed by atoms with E-state index in [-0.39, 0.29) is 0 Å². The Hall–Kier alpha value is -3.52. The van der Waals surface area contributed by atoms with Crippen LogP contribution in [0, 0.1) is 0 Å². The molecule has 2 nitrogen and oxygen atoms in total. The number of nitrogens with two attached hydrogens (primary N) is 2. The summed E-state index contributed by atoms with van der Waals surface area (Å²) in [6, 6.07) is 31.6. The predicted octanol–water partition coefficient (Wildman–Crippen LogP) is 17.5. The van der Waals surface area contributed by atoms with Gasteiger partial charge in [0.25, 0.3) is 0 Å². The van der Waals surface area contributed by atoms with E-state index in [0.717, 1.165) is 24.2 Å². The second-order valence-electron chi connectivity index (χ2n) is 18.9. The lowest BCUT2D eigenvalue weighted by Gasteiger charge is -2.13. The smallest absolute Gasteiger partial charge is 0.0314 e. The summed E-state index contributed by atoms with van der Waals surface area (Å²) in [5.74, 6) is 0. The number of hydrogen-bond donors (Lipinski definition) is 2. The summed E-state index contributed by atoms with van der Waals surface area (Å²) in [5, 5.41) is 0. The molecule has 0 saturated heterocycles. The Morgan fingerprint density at radius 3 is 0.803 bits per heavy atom. The van der Waals surface area contributed by atoms with Crippen LogP contribution in [-0.4, -0.2) is 0 Å². The highest BCUT2D eigenvalue weighted by Crippen LogP contribution is 2.24. The van der Waals surface area contributed by atoms with Gasteiger partial charge in [-0.25, -0.2) is 0 Å². The van der Waals surface area contributed by atoms with Crippen LogP contribution in [0.2, 0.25) is 0 Å². The molecule has 2 heteroatoms. The Morgan fingerprint density at radius 1 is 0.262 bits per heavy atom. The number of aryl methyl sites for hydroxylation is 4. The third kappa shape index (κ3) is 22.4. The molecular weight excluding hydrogens is 737 g/mol. The first-order valence-corrected chi connectivity index (χ1v) is 25.9. The van der Waals surface area contributed by atoms with Crippen LogP contribution in [0.25, 0.3) is 0 Å². The molecule has 0 saturated carbocycles. The molecule has 61 heavy (non-hydrogen) atoms. The predicted molar refractivity (Wildman–Crippen MR) is 271 cm³/mol. The van der Waals surface area contributed by atoms with E-state index in [2.05, 4.69) is 74.5 Å². The van der Waals surface area contributed by atoms with Crippen molar-refractivity contribution in [1.82, 2.24) is 0 Å². The largest absolute Gasteiger partial charge is 0.399 e. The first kappa shape index (κ1) is 50.1. The minimum atomic E-state index is 0.846. The number of nitrogen functional groups attached to an aromatic ring is 2. The molecule has 0 heterocycles. The van der Waals surface area contributed by atoms with Crippen LogP contribution in [0.5, 0.6) is 0 Å². The molecule has 0 spiro atoms. The van der Waals surface area contributed by atoms with E-state index in [1.54, 1.807) is 22.3 Å². The average Bonchev–Trinajstić information content (AvgIpc) is 3.27. The maximum Gasteiger partial charge on any atom is 0.0314 e. The molecule has 0 aliphatic carbocycles. The van der Waals surface area contributed by atoms with Crippen LogP contribution < -0.4 is 11.5 Å². The lowest BCUT2D eigenvalue weighted by Crippen LogP contribution is -1.99. The number of hydrogen-bond acceptors (Lipinski definition) is 2. The van der Waals surface area contributed by atoms with E-state index >= 15 is 0 Å². The van der Waals surface area contributed by atoms with Gasteiger partial charge < -0.3 is 11.5 Å². The highest BCUT2D eigenvalue weighted by atomic mass is 14.5. The normalized spacial score (nSPS) is 11.4. The van der Waals surface area contributed by atoms with Gasteiger partial charge in [-0.15, -0.1) is 0 Å². The molecule has 4 aromatic rings. The standard InChI is InChI=1S/C59H90N2/c1-3-5-7-9-22-28-32-56-48-52(46-50-36-42-58(60)43-37-50)34-40-54(56)30-26-24-20-18-16-14-12-11-13-15-17-19-21-25-27-31-55-41-35-53(47-51-38-44-59(61)45-39-51)49-57(55)33-29-23-10-8-6-4-2/h34-45,48-49H,3-33,46-47,60-61H2,1-2H3. The molecule has 4 aromatic carbocycles. The molecule has 0 amide bonds. The zero-order chi connectivity index (χ0) is 43.0. The van der Waals surface area contributed by atoms with Gasteiger partial charge >= 0.3 is 0 Å². The Balaban J connectivity index is 1.02. The van der Waals surface area contributed by atoms with E-state index in [0.29, 0.717) is 0 Å². The molecule has 0 bridgehead atoms. The van der Waals surface area contributed by atoms with Crippen molar-refractivity contribution in [1.29, 1.82) is 0 Å². The number of anilines is 2. The molecular formula is C59H90N2. The second kappa shape index (κ2) is 32.2. The fourth-order valence-corrected chi connectivity index (χ4v) is 9.39. The zero-order valence-corrected chi connectivity index (χ0v) is 39.6. The van der Waals surface area contributed by atoms with E-state index in [4.69, 9.17) is 11.5 Å². The lowest BCUT2D eigenvalue weighted by atomic mass is 9.92. The van der Waals surface area contributed by atoms with E-state index in [1.807, 2.05) is 24.3 Å². The van der Waals surface area contributed by atoms with Gasteiger partial charge in [0.05, 0.1) is 0 Å². The minimum absolute atomic E-state index is 0.846. The van der Waals surface area contributed by atoms with Gasteiger partial charge in [-0.05, 0) is 133 Å². The second-order valence-corrected chi connectivity index (χ2v) is 18.9. The lowest BCUT2D eigenvalue weighted by molar-refractivity contribution is 0.530. The van der Waals surface area contributed by atoms with E-state index in [9.17, 15) is 0 Å². The molecule has 0 atom stereocenters. The van der Waals surface area contributed by atoms with Gasteiger partial charge in [-0.1, -0.05) is 222 Å². The summed E-state index contributed by atoms with van der Waals surface area (Å²) in [6.07, 6.45) is 44.4. The summed E-state index contributed by atoms with van der Waals surface area (Å²) < 4.78 is 0. The molecule has 0 aliphatic rings. The molecule has 0 radical (unpaired) electrons. The van der Waals surface area contributed by atoms with Gasteiger partial charge in [-0.2, -0.15) is 0 Å². The minimum Gasteiger partial charge on any atom is -0.399 e. The van der Waals surface area contributed by atoms with Gasteiger partial charge in [-0.3, -0.25) is 0 Å². The summed E-state index contributed by atoms with van der Waals surface area (Å²) in [5.41, 5.74) is 25.6. The van der Waals surface area contributed by atoms with Gasteiger partial charge in [0, 0.05) is 11.4 Å². The van der Waals surface area contributed by atoms with Gasteiger partial charge in [0.15, 0.2) is 0 Å². The number of benzene rings is 4. The topological polar surface area (TPSA) is 52.0 Å². The first-order valence-electron chi connectivity index (χ1n) is 25.9. The summed E-state index contributed by atoms with van der Waals surface area (Å²) in [6.45, 7) is 4.61. The van der Waals surface area contributed by atoms with Crippen molar-refractivity contribution in [2.45, 2.75) is 226 Å². The molecule has 0 unspecified atom stereocenters. The van der Waals surface area contributed by atoms with Crippen molar-refractivity contribution in [3.63, 3.8) is 0 Å². The van der Waals surface area contributed by atoms with Crippen LogP contribution in [0.15, 0.2) is 84.9 Å². The van der Waals surface area contributed by atoms with Crippen LogP contribution in [0.4, 0.5) is 11.4 Å². The Labute approximate surface area is 376 Å². The molecule has 4 N–H and O–H groups in total.